The smallest absolute Gasteiger partial charge is 0.331 e. The lowest BCUT2D eigenvalue weighted by Gasteiger charge is -2.66. The zero-order chi connectivity index (χ0) is 35.6. The third kappa shape index (κ3) is 7.26. The average molecular weight is 702 g/mol. The van der Waals surface area contributed by atoms with Gasteiger partial charge in [-0.15, -0.1) is 0 Å². The van der Waals surface area contributed by atoms with Crippen LogP contribution in [0.2, 0.25) is 0 Å². The number of nitrogens with zero attached hydrogens (tertiary/aromatic N) is 1. The van der Waals surface area contributed by atoms with Crippen molar-refractivity contribution in [3.05, 3.63) is 11.6 Å². The Balaban J connectivity index is 1.15. The zero-order valence-electron chi connectivity index (χ0n) is 31.2. The third-order valence-corrected chi connectivity index (χ3v) is 14.6. The molecule has 0 aromatic rings. The fourth-order valence-electron chi connectivity index (χ4n) is 11.7. The Labute approximate surface area is 300 Å². The lowest BCUT2D eigenvalue weighted by atomic mass is 9.41. The lowest BCUT2D eigenvalue weighted by Crippen LogP contribution is -2.69. The number of carbonyl (C=O) groups is 1. The van der Waals surface area contributed by atoms with Crippen LogP contribution in [0.25, 0.3) is 0 Å². The molecule has 4 aliphatic carbocycles. The van der Waals surface area contributed by atoms with Crippen molar-refractivity contribution in [1.29, 1.82) is 0 Å². The summed E-state index contributed by atoms with van der Waals surface area (Å²) in [5.41, 5.74) is -1.80. The second kappa shape index (κ2) is 15.9. The van der Waals surface area contributed by atoms with Crippen LogP contribution in [-0.2, 0) is 19.0 Å². The molecule has 2 aliphatic heterocycles. The van der Waals surface area contributed by atoms with Crippen molar-refractivity contribution >= 4 is 12.2 Å². The second-order valence-corrected chi connectivity index (χ2v) is 17.4. The first-order valence-electron chi connectivity index (χ1n) is 20.5. The number of aliphatic imine (C=N–C) groups is 1. The molecule has 4 N–H and O–H groups in total. The summed E-state index contributed by atoms with van der Waals surface area (Å²) < 4.78 is 17.7. The highest BCUT2D eigenvalue weighted by molar-refractivity contribution is 5.85. The van der Waals surface area contributed by atoms with E-state index in [1.54, 1.807) is 13.0 Å². The molecular weight excluding hydrogens is 634 g/mol. The Kier molecular flexibility index (Phi) is 12.2. The fraction of sp³-hybridized carbons (Fsp3) is 0.902. The van der Waals surface area contributed by atoms with Crippen molar-refractivity contribution in [2.24, 2.45) is 33.6 Å². The molecule has 0 bridgehead atoms. The van der Waals surface area contributed by atoms with E-state index in [1.165, 1.54) is 57.8 Å². The van der Waals surface area contributed by atoms with Gasteiger partial charge >= 0.3 is 5.97 Å². The predicted molar refractivity (Wildman–Crippen MR) is 193 cm³/mol. The summed E-state index contributed by atoms with van der Waals surface area (Å²) in [5, 5.41) is 46.2. The number of ether oxygens (including phenoxy) is 3. The standard InChI is InChI=1S/C41H67NO8/c1-4-5-6-7-8-9-10-11-12-13-22-42-27-39-19-14-30(50-36-24-34(43)37(45)28(2)49-36)25-40(39,46)20-16-33-32(39)15-18-38(3)31(17-21-41(33,38)47)29-23-35(44)48-26-29/h23,27-28,30-34,36-37,43,45-47H,4-22,24-26H2,1-3H3/t28-,30+,31-,32+,33-,34+,36-,37-,38-,39+,40+,41+/m1/s1. The number of rotatable bonds is 15. The van der Waals surface area contributed by atoms with Gasteiger partial charge in [-0.1, -0.05) is 71.6 Å². The molecule has 1 saturated heterocycles. The lowest BCUT2D eigenvalue weighted by molar-refractivity contribution is -0.282. The van der Waals surface area contributed by atoms with Crippen molar-refractivity contribution < 1.29 is 39.4 Å². The predicted octanol–water partition coefficient (Wildman–Crippen LogP) is 6.57. The van der Waals surface area contributed by atoms with Crippen molar-refractivity contribution in [3.8, 4) is 0 Å². The van der Waals surface area contributed by atoms with Crippen LogP contribution < -0.4 is 0 Å². The van der Waals surface area contributed by atoms with Crippen LogP contribution >= 0.6 is 0 Å². The minimum absolute atomic E-state index is 0.0329. The van der Waals surface area contributed by atoms with E-state index in [4.69, 9.17) is 19.2 Å². The number of aliphatic hydroxyl groups is 4. The van der Waals surface area contributed by atoms with E-state index in [9.17, 15) is 25.2 Å². The monoisotopic (exact) mass is 701 g/mol. The second-order valence-electron chi connectivity index (χ2n) is 17.4. The quantitative estimate of drug-likeness (QED) is 0.0651. The van der Waals surface area contributed by atoms with E-state index in [-0.39, 0.29) is 41.7 Å². The summed E-state index contributed by atoms with van der Waals surface area (Å²) in [6, 6.07) is 0. The molecule has 12 atom stereocenters. The summed E-state index contributed by atoms with van der Waals surface area (Å²) in [6.07, 6.45) is 20.0. The van der Waals surface area contributed by atoms with Crippen LogP contribution in [0.3, 0.4) is 0 Å². The third-order valence-electron chi connectivity index (χ3n) is 14.6. The topological polar surface area (TPSA) is 138 Å². The first-order valence-corrected chi connectivity index (χ1v) is 20.5. The molecule has 0 unspecified atom stereocenters. The van der Waals surface area contributed by atoms with Gasteiger partial charge in [0.2, 0.25) is 0 Å². The minimum atomic E-state index is -1.03. The molecule has 9 nitrogen and oxygen atoms in total. The molecule has 0 spiro atoms. The Morgan fingerprint density at radius 2 is 1.62 bits per heavy atom. The molecular formula is C41H67NO8. The number of carbonyl (C=O) groups excluding carboxylic acids is 1. The Bertz CT molecular complexity index is 1210. The van der Waals surface area contributed by atoms with Gasteiger partial charge < -0.3 is 34.6 Å². The maximum Gasteiger partial charge on any atom is 0.331 e. The van der Waals surface area contributed by atoms with Crippen LogP contribution in [0.15, 0.2) is 16.6 Å². The molecule has 50 heavy (non-hydrogen) atoms. The SMILES string of the molecule is CCCCCCCCCCCCN=C[C@]12CC[C@H](O[C@@H]3C[C@H](O)[C@H](O)[C@@H](C)O3)C[C@@]1(O)CC[C@@H]1[C@@H]2CC[C@]2(C)[C@@H](C3=CC(=O)OC3)CC[C@]12O. The van der Waals surface area contributed by atoms with E-state index in [0.29, 0.717) is 32.3 Å². The highest BCUT2D eigenvalue weighted by atomic mass is 16.7. The van der Waals surface area contributed by atoms with E-state index < -0.39 is 41.2 Å². The first kappa shape index (κ1) is 38.4. The number of cyclic esters (lactones) is 1. The van der Waals surface area contributed by atoms with Gasteiger partial charge in [-0.3, -0.25) is 4.99 Å². The summed E-state index contributed by atoms with van der Waals surface area (Å²) in [5.74, 6) is -0.0252. The van der Waals surface area contributed by atoms with E-state index >= 15 is 0 Å². The molecule has 5 fully saturated rings. The van der Waals surface area contributed by atoms with Crippen molar-refractivity contribution in [2.75, 3.05) is 13.2 Å². The number of unbranched alkanes of at least 4 members (excludes halogenated alkanes) is 9. The van der Waals surface area contributed by atoms with Crippen molar-refractivity contribution in [2.45, 2.75) is 191 Å². The summed E-state index contributed by atoms with van der Waals surface area (Å²) >= 11 is 0. The van der Waals surface area contributed by atoms with Crippen molar-refractivity contribution in [3.63, 3.8) is 0 Å². The van der Waals surface area contributed by atoms with Gasteiger partial charge in [-0.05, 0) is 88.0 Å². The molecule has 0 aromatic carbocycles. The van der Waals surface area contributed by atoms with Crippen molar-refractivity contribution in [1.82, 2.24) is 0 Å². The van der Waals surface area contributed by atoms with Crippen LogP contribution in [0.1, 0.15) is 149 Å². The molecule has 0 amide bonds. The molecule has 6 aliphatic rings. The number of hydrogen-bond acceptors (Lipinski definition) is 9. The summed E-state index contributed by atoms with van der Waals surface area (Å²) in [7, 11) is 0. The summed E-state index contributed by atoms with van der Waals surface area (Å²) in [4.78, 5) is 17.1. The van der Waals surface area contributed by atoms with Gasteiger partial charge in [0.25, 0.3) is 0 Å². The van der Waals surface area contributed by atoms with E-state index in [0.717, 1.165) is 50.6 Å². The molecule has 0 aromatic heterocycles. The molecule has 4 saturated carbocycles. The highest BCUT2D eigenvalue weighted by Gasteiger charge is 2.71. The van der Waals surface area contributed by atoms with Gasteiger partial charge in [0.1, 0.15) is 12.7 Å². The normalized spacial score (nSPS) is 44.5. The Morgan fingerprint density at radius 3 is 2.30 bits per heavy atom. The molecule has 9 heteroatoms. The molecule has 2 heterocycles. The van der Waals surface area contributed by atoms with Crippen LogP contribution in [0.5, 0.6) is 0 Å². The molecule has 0 radical (unpaired) electrons. The van der Waals surface area contributed by atoms with Gasteiger partial charge in [-0.25, -0.2) is 4.79 Å². The van der Waals surface area contributed by atoms with Gasteiger partial charge in [-0.2, -0.15) is 0 Å². The first-order chi connectivity index (χ1) is 24.0. The number of esters is 1. The largest absolute Gasteiger partial charge is 0.458 e. The van der Waals surface area contributed by atoms with Gasteiger partial charge in [0, 0.05) is 42.5 Å². The number of fused-ring (bicyclic) bond motifs is 5. The fourth-order valence-corrected chi connectivity index (χ4v) is 11.7. The molecule has 284 valence electrons. The van der Waals surface area contributed by atoms with Gasteiger partial charge in [0.05, 0.1) is 29.5 Å². The number of aliphatic hydroxyl groups excluding tert-OH is 2. The van der Waals surface area contributed by atoms with Crippen LogP contribution in [0, 0.1) is 28.6 Å². The Morgan fingerprint density at radius 1 is 0.920 bits per heavy atom. The minimum Gasteiger partial charge on any atom is -0.458 e. The van der Waals surface area contributed by atoms with Crippen LogP contribution in [-0.4, -0.2) is 87.7 Å². The zero-order valence-corrected chi connectivity index (χ0v) is 31.2. The maximum atomic E-state index is 12.8. The average Bonchev–Trinajstić information content (AvgIpc) is 3.63. The maximum absolute atomic E-state index is 12.8. The van der Waals surface area contributed by atoms with Gasteiger partial charge in [0.15, 0.2) is 6.29 Å². The Hall–Kier alpha value is -1.36. The van der Waals surface area contributed by atoms with Crippen LogP contribution in [0.4, 0.5) is 0 Å². The highest BCUT2D eigenvalue weighted by Crippen LogP contribution is 2.70. The van der Waals surface area contributed by atoms with E-state index in [2.05, 4.69) is 20.1 Å². The summed E-state index contributed by atoms with van der Waals surface area (Å²) in [6.45, 7) is 7.33. The molecule has 6 rings (SSSR count). The van der Waals surface area contributed by atoms with E-state index in [1.807, 2.05) is 0 Å². The number of hydrogen-bond donors (Lipinski definition) is 4.